The molecule has 3 aliphatic rings. The van der Waals surface area contributed by atoms with Crippen LogP contribution in [0.2, 0.25) is 0 Å². The van der Waals surface area contributed by atoms with Crippen LogP contribution in [0.3, 0.4) is 0 Å². The van der Waals surface area contributed by atoms with Crippen LogP contribution in [-0.2, 0) is 9.59 Å². The van der Waals surface area contributed by atoms with E-state index in [-0.39, 0.29) is 30.3 Å². The summed E-state index contributed by atoms with van der Waals surface area (Å²) in [7, 11) is 0. The van der Waals surface area contributed by atoms with E-state index in [4.69, 9.17) is 0 Å². The molecular weight excluding hydrogens is 318 g/mol. The lowest BCUT2D eigenvalue weighted by Crippen LogP contribution is -2.47. The Labute approximate surface area is 147 Å². The topological polar surface area (TPSA) is 78.5 Å². The predicted octanol–water partition coefficient (Wildman–Crippen LogP) is 1.97. The summed E-state index contributed by atoms with van der Waals surface area (Å²) in [5.41, 5.74) is 0.227. The predicted molar refractivity (Wildman–Crippen MR) is 91.4 cm³/mol. The first kappa shape index (κ1) is 16.1. The summed E-state index contributed by atoms with van der Waals surface area (Å²) in [6, 6.07) is 9.34. The monoisotopic (exact) mass is 341 g/mol. The number of nitrogens with zero attached hydrogens (tertiary/aromatic N) is 1. The maximum absolute atomic E-state index is 12.6. The highest BCUT2D eigenvalue weighted by Crippen LogP contribution is 2.43. The molecule has 0 aromatic heterocycles. The molecule has 1 saturated heterocycles. The fourth-order valence-electron chi connectivity index (χ4n) is 3.72. The summed E-state index contributed by atoms with van der Waals surface area (Å²) in [6.45, 7) is 1.54. The van der Waals surface area contributed by atoms with Gasteiger partial charge in [0.2, 0.25) is 5.91 Å². The van der Waals surface area contributed by atoms with Gasteiger partial charge < -0.3 is 10.6 Å². The van der Waals surface area contributed by atoms with E-state index in [9.17, 15) is 14.4 Å². The maximum Gasteiger partial charge on any atom is 0.325 e. The van der Waals surface area contributed by atoms with Crippen LogP contribution in [0.15, 0.2) is 30.3 Å². The molecule has 1 heterocycles. The van der Waals surface area contributed by atoms with E-state index < -0.39 is 11.6 Å². The number of nitrogens with one attached hydrogen (secondary N) is 2. The molecule has 0 bridgehead atoms. The molecule has 25 heavy (non-hydrogen) atoms. The number of imide groups is 1. The first-order valence-electron chi connectivity index (χ1n) is 8.97. The van der Waals surface area contributed by atoms with Crippen molar-refractivity contribution in [3.8, 4) is 0 Å². The third-order valence-corrected chi connectivity index (χ3v) is 5.57. The van der Waals surface area contributed by atoms with Gasteiger partial charge in [-0.05, 0) is 50.0 Å². The molecule has 4 rings (SSSR count). The van der Waals surface area contributed by atoms with Gasteiger partial charge in [-0.2, -0.15) is 0 Å². The SMILES string of the molecule is CC1(C2CC2)NC(=O)N(CC(=O)NC(c2ccccc2)C2CC2)C1=O. The van der Waals surface area contributed by atoms with Crippen molar-refractivity contribution in [2.24, 2.45) is 11.8 Å². The van der Waals surface area contributed by atoms with Crippen molar-refractivity contribution in [2.75, 3.05) is 6.54 Å². The van der Waals surface area contributed by atoms with E-state index in [1.54, 1.807) is 6.92 Å². The minimum Gasteiger partial charge on any atom is -0.347 e. The van der Waals surface area contributed by atoms with Crippen LogP contribution < -0.4 is 10.6 Å². The number of benzene rings is 1. The highest BCUT2D eigenvalue weighted by Gasteiger charge is 2.56. The first-order chi connectivity index (χ1) is 12.0. The van der Waals surface area contributed by atoms with E-state index >= 15 is 0 Å². The van der Waals surface area contributed by atoms with Crippen molar-refractivity contribution >= 4 is 17.8 Å². The molecule has 2 aliphatic carbocycles. The number of carbonyl (C=O) groups excluding carboxylic acids is 3. The van der Waals surface area contributed by atoms with Gasteiger partial charge >= 0.3 is 6.03 Å². The van der Waals surface area contributed by atoms with Gasteiger partial charge in [-0.25, -0.2) is 4.79 Å². The number of urea groups is 1. The van der Waals surface area contributed by atoms with Gasteiger partial charge in [-0.1, -0.05) is 30.3 Å². The van der Waals surface area contributed by atoms with Gasteiger partial charge in [0.15, 0.2) is 0 Å². The number of hydrogen-bond acceptors (Lipinski definition) is 3. The Balaban J connectivity index is 1.43. The van der Waals surface area contributed by atoms with Crippen LogP contribution in [0, 0.1) is 11.8 Å². The van der Waals surface area contributed by atoms with Gasteiger partial charge in [0.1, 0.15) is 12.1 Å². The minimum atomic E-state index is -0.841. The van der Waals surface area contributed by atoms with Crippen molar-refractivity contribution in [1.29, 1.82) is 0 Å². The second-order valence-electron chi connectivity index (χ2n) is 7.59. The zero-order valence-corrected chi connectivity index (χ0v) is 14.3. The Bertz CT molecular complexity index is 712. The molecule has 2 N–H and O–H groups in total. The van der Waals surface area contributed by atoms with Crippen LogP contribution in [0.1, 0.15) is 44.2 Å². The molecule has 2 saturated carbocycles. The van der Waals surface area contributed by atoms with Crippen molar-refractivity contribution in [3.05, 3.63) is 35.9 Å². The fraction of sp³-hybridized carbons (Fsp3) is 0.526. The summed E-state index contributed by atoms with van der Waals surface area (Å²) in [5.74, 6) is 0.0638. The van der Waals surface area contributed by atoms with Crippen molar-refractivity contribution < 1.29 is 14.4 Å². The molecule has 0 spiro atoms. The van der Waals surface area contributed by atoms with Gasteiger partial charge in [-0.15, -0.1) is 0 Å². The highest BCUT2D eigenvalue weighted by molar-refractivity contribution is 6.09. The number of hydrogen-bond donors (Lipinski definition) is 2. The zero-order valence-electron chi connectivity index (χ0n) is 14.3. The van der Waals surface area contributed by atoms with E-state index in [0.717, 1.165) is 36.1 Å². The average molecular weight is 341 g/mol. The molecule has 6 heteroatoms. The molecule has 2 unspecified atom stereocenters. The summed E-state index contributed by atoms with van der Waals surface area (Å²) in [5, 5.41) is 5.80. The Morgan fingerprint density at radius 1 is 1.24 bits per heavy atom. The van der Waals surface area contributed by atoms with Crippen LogP contribution >= 0.6 is 0 Å². The van der Waals surface area contributed by atoms with Crippen LogP contribution in [0.4, 0.5) is 4.79 Å². The molecule has 4 amide bonds. The molecule has 1 aliphatic heterocycles. The fourth-order valence-corrected chi connectivity index (χ4v) is 3.72. The van der Waals surface area contributed by atoms with Gasteiger partial charge in [-0.3, -0.25) is 14.5 Å². The zero-order chi connectivity index (χ0) is 17.6. The number of carbonyl (C=O) groups is 3. The van der Waals surface area contributed by atoms with Crippen LogP contribution in [-0.4, -0.2) is 34.8 Å². The Morgan fingerprint density at radius 2 is 1.92 bits per heavy atom. The Hall–Kier alpha value is -2.37. The summed E-state index contributed by atoms with van der Waals surface area (Å²) < 4.78 is 0. The molecule has 0 radical (unpaired) electrons. The normalized spacial score (nSPS) is 27.2. The van der Waals surface area contributed by atoms with E-state index in [0.29, 0.717) is 5.92 Å². The Morgan fingerprint density at radius 3 is 2.52 bits per heavy atom. The molecule has 6 nitrogen and oxygen atoms in total. The third-order valence-electron chi connectivity index (χ3n) is 5.57. The average Bonchev–Trinajstić information content (AvgIpc) is 3.49. The molecular formula is C19H23N3O3. The standard InChI is InChI=1S/C19H23N3O3/c1-19(14-9-10-14)17(24)22(18(25)21-19)11-15(23)20-16(13-7-8-13)12-5-3-2-4-6-12/h2-6,13-14,16H,7-11H2,1H3,(H,20,23)(H,21,25). The number of rotatable bonds is 6. The molecule has 1 aromatic rings. The van der Waals surface area contributed by atoms with E-state index in [1.807, 2.05) is 30.3 Å². The lowest BCUT2D eigenvalue weighted by atomic mass is 9.96. The summed E-state index contributed by atoms with van der Waals surface area (Å²) >= 11 is 0. The second kappa shape index (κ2) is 5.86. The Kier molecular flexibility index (Phi) is 3.78. The van der Waals surface area contributed by atoms with E-state index in [1.165, 1.54) is 0 Å². The van der Waals surface area contributed by atoms with Crippen LogP contribution in [0.25, 0.3) is 0 Å². The maximum atomic E-state index is 12.6. The lowest BCUT2D eigenvalue weighted by molar-refractivity contribution is -0.135. The van der Waals surface area contributed by atoms with Crippen LogP contribution in [0.5, 0.6) is 0 Å². The molecule has 3 fully saturated rings. The summed E-state index contributed by atoms with van der Waals surface area (Å²) in [6.07, 6.45) is 4.06. The molecule has 132 valence electrons. The van der Waals surface area contributed by atoms with Gasteiger partial charge in [0.25, 0.3) is 5.91 Å². The lowest BCUT2D eigenvalue weighted by Gasteiger charge is -2.22. The van der Waals surface area contributed by atoms with Gasteiger partial charge in [0, 0.05) is 0 Å². The smallest absolute Gasteiger partial charge is 0.325 e. The first-order valence-corrected chi connectivity index (χ1v) is 8.97. The highest BCUT2D eigenvalue weighted by atomic mass is 16.2. The number of amides is 4. The molecule has 2 atom stereocenters. The second-order valence-corrected chi connectivity index (χ2v) is 7.59. The molecule has 1 aromatic carbocycles. The van der Waals surface area contributed by atoms with Crippen molar-refractivity contribution in [1.82, 2.24) is 15.5 Å². The largest absolute Gasteiger partial charge is 0.347 e. The third kappa shape index (κ3) is 3.01. The quantitative estimate of drug-likeness (QED) is 0.777. The van der Waals surface area contributed by atoms with Gasteiger partial charge in [0.05, 0.1) is 6.04 Å². The van der Waals surface area contributed by atoms with Crippen molar-refractivity contribution in [3.63, 3.8) is 0 Å². The summed E-state index contributed by atoms with van der Waals surface area (Å²) in [4.78, 5) is 38.4. The van der Waals surface area contributed by atoms with E-state index in [2.05, 4.69) is 10.6 Å². The van der Waals surface area contributed by atoms with Crippen molar-refractivity contribution in [2.45, 2.75) is 44.2 Å². The minimum absolute atomic E-state index is 0.0516.